The second kappa shape index (κ2) is 5.48. The Labute approximate surface area is 99.5 Å². The molecule has 3 nitrogen and oxygen atoms in total. The zero-order valence-corrected chi connectivity index (χ0v) is 10.9. The molecule has 0 saturated carbocycles. The number of hydrogen-bond acceptors (Lipinski definition) is 3. The van der Waals surface area contributed by atoms with Crippen molar-refractivity contribution in [1.29, 1.82) is 0 Å². The first-order chi connectivity index (χ1) is 7.70. The Morgan fingerprint density at radius 3 is 2.81 bits per heavy atom. The van der Waals surface area contributed by atoms with Gasteiger partial charge in [-0.2, -0.15) is 0 Å². The third kappa shape index (κ3) is 2.76. The van der Waals surface area contributed by atoms with Crippen molar-refractivity contribution >= 4 is 0 Å². The quantitative estimate of drug-likeness (QED) is 0.789. The van der Waals surface area contributed by atoms with Crippen LogP contribution in [0, 0.1) is 5.92 Å². The van der Waals surface area contributed by atoms with Crippen molar-refractivity contribution in [3.63, 3.8) is 0 Å². The minimum Gasteiger partial charge on any atom is -0.376 e. The van der Waals surface area contributed by atoms with Crippen LogP contribution >= 0.6 is 0 Å². The number of morpholine rings is 1. The number of rotatable bonds is 3. The smallest absolute Gasteiger partial charge is 0.0674 e. The standard InChI is InChI=1S/C13H26N2O/c1-4-12-9-16-11(3)7-15(12)8-13-10(2)5-6-14-13/h10-14H,4-9H2,1-3H3. The molecule has 2 aliphatic heterocycles. The van der Waals surface area contributed by atoms with Crippen LogP contribution < -0.4 is 5.32 Å². The molecule has 0 amide bonds. The first-order valence-electron chi connectivity index (χ1n) is 6.79. The Hall–Kier alpha value is -0.120. The molecule has 4 unspecified atom stereocenters. The largest absolute Gasteiger partial charge is 0.376 e. The molecule has 0 aromatic heterocycles. The van der Waals surface area contributed by atoms with E-state index >= 15 is 0 Å². The van der Waals surface area contributed by atoms with E-state index in [1.807, 2.05) is 0 Å². The Bertz CT molecular complexity index is 222. The molecule has 2 rings (SSSR count). The third-order valence-electron chi connectivity index (χ3n) is 4.18. The average Bonchev–Trinajstić information content (AvgIpc) is 2.65. The molecule has 1 N–H and O–H groups in total. The topological polar surface area (TPSA) is 24.5 Å². The molecule has 0 aromatic carbocycles. The monoisotopic (exact) mass is 226 g/mol. The highest BCUT2D eigenvalue weighted by Gasteiger charge is 2.30. The zero-order chi connectivity index (χ0) is 11.5. The Morgan fingerprint density at radius 1 is 1.38 bits per heavy atom. The van der Waals surface area contributed by atoms with Crippen LogP contribution in [-0.4, -0.2) is 49.3 Å². The van der Waals surface area contributed by atoms with E-state index in [0.29, 0.717) is 18.2 Å². The van der Waals surface area contributed by atoms with Crippen LogP contribution in [0.5, 0.6) is 0 Å². The van der Waals surface area contributed by atoms with Crippen LogP contribution in [0.15, 0.2) is 0 Å². The normalized spacial score (nSPS) is 41.4. The lowest BCUT2D eigenvalue weighted by Crippen LogP contribution is -2.53. The highest BCUT2D eigenvalue weighted by Crippen LogP contribution is 2.20. The summed E-state index contributed by atoms with van der Waals surface area (Å²) < 4.78 is 5.74. The first-order valence-corrected chi connectivity index (χ1v) is 6.79. The Balaban J connectivity index is 1.89. The van der Waals surface area contributed by atoms with E-state index in [1.54, 1.807) is 0 Å². The Morgan fingerprint density at radius 2 is 2.19 bits per heavy atom. The summed E-state index contributed by atoms with van der Waals surface area (Å²) in [6.07, 6.45) is 2.94. The van der Waals surface area contributed by atoms with Gasteiger partial charge < -0.3 is 10.1 Å². The molecule has 4 atom stereocenters. The van der Waals surface area contributed by atoms with Gasteiger partial charge in [0.2, 0.25) is 0 Å². The minimum absolute atomic E-state index is 0.402. The predicted octanol–water partition coefficient (Wildman–Crippen LogP) is 1.48. The summed E-state index contributed by atoms with van der Waals surface area (Å²) in [5, 5.41) is 3.63. The molecule has 2 saturated heterocycles. The molecule has 2 aliphatic rings. The van der Waals surface area contributed by atoms with Crippen molar-refractivity contribution in [1.82, 2.24) is 10.2 Å². The van der Waals surface area contributed by atoms with Gasteiger partial charge >= 0.3 is 0 Å². The fraction of sp³-hybridized carbons (Fsp3) is 1.00. The average molecular weight is 226 g/mol. The van der Waals surface area contributed by atoms with Gasteiger partial charge in [0.1, 0.15) is 0 Å². The zero-order valence-electron chi connectivity index (χ0n) is 10.9. The SMILES string of the molecule is CCC1COC(C)CN1CC1NCCC1C. The van der Waals surface area contributed by atoms with Gasteiger partial charge in [-0.1, -0.05) is 13.8 Å². The highest BCUT2D eigenvalue weighted by atomic mass is 16.5. The van der Waals surface area contributed by atoms with Crippen molar-refractivity contribution in [2.45, 2.75) is 51.8 Å². The third-order valence-corrected chi connectivity index (χ3v) is 4.18. The molecular weight excluding hydrogens is 200 g/mol. The predicted molar refractivity (Wildman–Crippen MR) is 66.6 cm³/mol. The fourth-order valence-corrected chi connectivity index (χ4v) is 2.91. The lowest BCUT2D eigenvalue weighted by molar-refractivity contribution is -0.0590. The van der Waals surface area contributed by atoms with Crippen molar-refractivity contribution < 1.29 is 4.74 Å². The molecule has 3 heteroatoms. The van der Waals surface area contributed by atoms with E-state index in [-0.39, 0.29) is 0 Å². The summed E-state index contributed by atoms with van der Waals surface area (Å²) in [5.74, 6) is 0.829. The molecule has 0 bridgehead atoms. The summed E-state index contributed by atoms with van der Waals surface area (Å²) in [5.41, 5.74) is 0. The molecule has 2 fully saturated rings. The van der Waals surface area contributed by atoms with Crippen LogP contribution in [0.1, 0.15) is 33.6 Å². The highest BCUT2D eigenvalue weighted by molar-refractivity contribution is 4.87. The number of nitrogens with one attached hydrogen (secondary N) is 1. The molecule has 2 heterocycles. The summed E-state index contributed by atoms with van der Waals surface area (Å²) >= 11 is 0. The van der Waals surface area contributed by atoms with E-state index in [1.165, 1.54) is 25.9 Å². The maximum atomic E-state index is 5.74. The van der Waals surface area contributed by atoms with Crippen LogP contribution in [0.25, 0.3) is 0 Å². The number of nitrogens with zero attached hydrogens (tertiary/aromatic N) is 1. The fourth-order valence-electron chi connectivity index (χ4n) is 2.91. The van der Waals surface area contributed by atoms with E-state index in [0.717, 1.165) is 19.1 Å². The summed E-state index contributed by atoms with van der Waals surface area (Å²) in [7, 11) is 0. The lowest BCUT2D eigenvalue weighted by Gasteiger charge is -2.40. The second-order valence-corrected chi connectivity index (χ2v) is 5.49. The van der Waals surface area contributed by atoms with Crippen molar-refractivity contribution in [3.8, 4) is 0 Å². The van der Waals surface area contributed by atoms with E-state index in [2.05, 4.69) is 31.0 Å². The van der Waals surface area contributed by atoms with Crippen molar-refractivity contribution in [2.24, 2.45) is 5.92 Å². The number of ether oxygens (including phenoxy) is 1. The van der Waals surface area contributed by atoms with Gasteiger partial charge in [0.25, 0.3) is 0 Å². The Kier molecular flexibility index (Phi) is 4.22. The maximum Gasteiger partial charge on any atom is 0.0674 e. The molecule has 94 valence electrons. The molecule has 0 aromatic rings. The van der Waals surface area contributed by atoms with Gasteiger partial charge in [0, 0.05) is 25.2 Å². The van der Waals surface area contributed by atoms with Crippen LogP contribution in [0.2, 0.25) is 0 Å². The van der Waals surface area contributed by atoms with Gasteiger partial charge in [-0.05, 0) is 32.2 Å². The molecule has 0 aliphatic carbocycles. The summed E-state index contributed by atoms with van der Waals surface area (Å²) in [6.45, 7) is 11.2. The maximum absolute atomic E-state index is 5.74. The second-order valence-electron chi connectivity index (χ2n) is 5.49. The van der Waals surface area contributed by atoms with E-state index in [9.17, 15) is 0 Å². The van der Waals surface area contributed by atoms with Gasteiger partial charge in [0.15, 0.2) is 0 Å². The van der Waals surface area contributed by atoms with Gasteiger partial charge in [-0.3, -0.25) is 4.90 Å². The van der Waals surface area contributed by atoms with Gasteiger partial charge in [-0.15, -0.1) is 0 Å². The van der Waals surface area contributed by atoms with Gasteiger partial charge in [0.05, 0.1) is 12.7 Å². The van der Waals surface area contributed by atoms with E-state index < -0.39 is 0 Å². The minimum atomic E-state index is 0.402. The van der Waals surface area contributed by atoms with Crippen LogP contribution in [0.4, 0.5) is 0 Å². The van der Waals surface area contributed by atoms with Crippen molar-refractivity contribution in [2.75, 3.05) is 26.2 Å². The summed E-state index contributed by atoms with van der Waals surface area (Å²) in [4.78, 5) is 2.63. The van der Waals surface area contributed by atoms with Crippen molar-refractivity contribution in [3.05, 3.63) is 0 Å². The molecule has 16 heavy (non-hydrogen) atoms. The number of hydrogen-bond donors (Lipinski definition) is 1. The van der Waals surface area contributed by atoms with Crippen LogP contribution in [0.3, 0.4) is 0 Å². The molecule has 0 spiro atoms. The van der Waals surface area contributed by atoms with Gasteiger partial charge in [-0.25, -0.2) is 0 Å². The molecular formula is C13H26N2O. The van der Waals surface area contributed by atoms with Crippen LogP contribution in [-0.2, 0) is 4.74 Å². The first kappa shape index (κ1) is 12.3. The molecule has 0 radical (unpaired) electrons. The van der Waals surface area contributed by atoms with E-state index in [4.69, 9.17) is 4.74 Å². The summed E-state index contributed by atoms with van der Waals surface area (Å²) in [6, 6.07) is 1.32. The lowest BCUT2D eigenvalue weighted by atomic mass is 10.0.